The zero-order valence-electron chi connectivity index (χ0n) is 10.7. The molecule has 0 aliphatic carbocycles. The van der Waals surface area contributed by atoms with E-state index in [2.05, 4.69) is 0 Å². The molecule has 0 spiro atoms. The molecule has 1 saturated heterocycles. The van der Waals surface area contributed by atoms with Crippen LogP contribution in [0.25, 0.3) is 0 Å². The molecule has 1 fully saturated rings. The summed E-state index contributed by atoms with van der Waals surface area (Å²) in [6.45, 7) is 1.96. The fraction of sp³-hybridized carbons (Fsp3) is 0.429. The van der Waals surface area contributed by atoms with E-state index in [4.69, 9.17) is 9.57 Å². The Morgan fingerprint density at radius 2 is 1.79 bits per heavy atom. The molecule has 2 amide bonds. The van der Waals surface area contributed by atoms with Crippen molar-refractivity contribution in [3.8, 4) is 0 Å². The molecule has 1 aromatic rings. The van der Waals surface area contributed by atoms with Gasteiger partial charge in [0.25, 0.3) is 11.8 Å². The molecule has 2 heterocycles. The monoisotopic (exact) mass is 261 g/mol. The van der Waals surface area contributed by atoms with Gasteiger partial charge in [-0.2, -0.15) is 0 Å². The van der Waals surface area contributed by atoms with Crippen LogP contribution in [0.5, 0.6) is 0 Å². The van der Waals surface area contributed by atoms with Crippen LogP contribution in [0.15, 0.2) is 24.3 Å². The molecule has 0 saturated carbocycles. The molecule has 0 unspecified atom stereocenters. The van der Waals surface area contributed by atoms with Crippen molar-refractivity contribution < 1.29 is 19.2 Å². The third-order valence-electron chi connectivity index (χ3n) is 3.41. The van der Waals surface area contributed by atoms with Gasteiger partial charge < -0.3 is 4.74 Å². The van der Waals surface area contributed by atoms with Crippen LogP contribution in [0.1, 0.15) is 46.9 Å². The molecule has 100 valence electrons. The molecule has 1 aromatic carbocycles. The summed E-state index contributed by atoms with van der Waals surface area (Å²) in [6.07, 6.45) is 2.20. The van der Waals surface area contributed by atoms with Gasteiger partial charge in [-0.25, -0.2) is 4.84 Å². The van der Waals surface area contributed by atoms with Gasteiger partial charge in [-0.05, 0) is 31.9 Å². The predicted molar refractivity (Wildman–Crippen MR) is 66.2 cm³/mol. The Balaban J connectivity index is 1.77. The summed E-state index contributed by atoms with van der Waals surface area (Å²) in [5, 5.41) is 0.827. The van der Waals surface area contributed by atoms with Crippen molar-refractivity contribution in [2.75, 3.05) is 0 Å². The number of hydroxylamine groups is 2. The van der Waals surface area contributed by atoms with Gasteiger partial charge in [0.2, 0.25) is 0 Å². The van der Waals surface area contributed by atoms with E-state index in [1.54, 1.807) is 24.3 Å². The average molecular weight is 261 g/mol. The minimum absolute atomic E-state index is 0.0916. The van der Waals surface area contributed by atoms with Crippen LogP contribution < -0.4 is 0 Å². The predicted octanol–water partition coefficient (Wildman–Crippen LogP) is 2.13. The molecule has 0 radical (unpaired) electrons. The number of ether oxygens (including phenoxy) is 1. The summed E-state index contributed by atoms with van der Waals surface area (Å²) >= 11 is 0. The maximum absolute atomic E-state index is 12.1. The van der Waals surface area contributed by atoms with Crippen molar-refractivity contribution in [3.63, 3.8) is 0 Å². The Bertz CT molecular complexity index is 493. The van der Waals surface area contributed by atoms with E-state index in [1.807, 2.05) is 6.92 Å². The second kappa shape index (κ2) is 4.75. The van der Waals surface area contributed by atoms with Crippen LogP contribution in [-0.2, 0) is 9.57 Å². The van der Waals surface area contributed by atoms with E-state index in [9.17, 15) is 9.59 Å². The third-order valence-corrected chi connectivity index (χ3v) is 3.41. The molecule has 3 rings (SSSR count). The number of imide groups is 1. The average Bonchev–Trinajstić information content (AvgIpc) is 2.65. The highest BCUT2D eigenvalue weighted by atomic mass is 16.8. The van der Waals surface area contributed by atoms with Crippen molar-refractivity contribution >= 4 is 11.8 Å². The van der Waals surface area contributed by atoms with Gasteiger partial charge in [0.1, 0.15) is 0 Å². The topological polar surface area (TPSA) is 55.8 Å². The fourth-order valence-corrected chi connectivity index (χ4v) is 2.43. The molecule has 5 nitrogen and oxygen atoms in total. The largest absolute Gasteiger partial charge is 0.347 e. The smallest absolute Gasteiger partial charge is 0.285 e. The Morgan fingerprint density at radius 1 is 1.16 bits per heavy atom. The van der Waals surface area contributed by atoms with Crippen molar-refractivity contribution in [3.05, 3.63) is 35.4 Å². The highest BCUT2D eigenvalue weighted by Crippen LogP contribution is 2.26. The van der Waals surface area contributed by atoms with Crippen molar-refractivity contribution in [2.24, 2.45) is 0 Å². The van der Waals surface area contributed by atoms with Crippen molar-refractivity contribution in [1.82, 2.24) is 5.06 Å². The molecule has 0 aromatic heterocycles. The maximum Gasteiger partial charge on any atom is 0.285 e. The van der Waals surface area contributed by atoms with Gasteiger partial charge in [0, 0.05) is 6.42 Å². The molecule has 19 heavy (non-hydrogen) atoms. The fourth-order valence-electron chi connectivity index (χ4n) is 2.43. The first-order chi connectivity index (χ1) is 9.16. The maximum atomic E-state index is 12.1. The Labute approximate surface area is 111 Å². The Morgan fingerprint density at radius 3 is 2.37 bits per heavy atom. The minimum atomic E-state index is -0.522. The van der Waals surface area contributed by atoms with Gasteiger partial charge in [0.05, 0.1) is 17.2 Å². The molecule has 2 aliphatic heterocycles. The molecule has 5 heteroatoms. The van der Waals surface area contributed by atoms with Crippen LogP contribution in [0, 0.1) is 0 Å². The van der Waals surface area contributed by atoms with Crippen molar-refractivity contribution in [2.45, 2.75) is 38.6 Å². The summed E-state index contributed by atoms with van der Waals surface area (Å²) < 4.78 is 5.58. The van der Waals surface area contributed by atoms with Crippen LogP contribution in [0.3, 0.4) is 0 Å². The second-order valence-corrected chi connectivity index (χ2v) is 4.86. The lowest BCUT2D eigenvalue weighted by Gasteiger charge is -2.29. The van der Waals surface area contributed by atoms with E-state index >= 15 is 0 Å². The first kappa shape index (κ1) is 12.3. The van der Waals surface area contributed by atoms with Crippen molar-refractivity contribution in [1.29, 1.82) is 0 Å². The van der Waals surface area contributed by atoms with Crippen LogP contribution in [0.2, 0.25) is 0 Å². The molecule has 0 bridgehead atoms. The molecule has 0 N–H and O–H groups in total. The zero-order valence-corrected chi connectivity index (χ0v) is 10.7. The Hall–Kier alpha value is -1.72. The number of hydrogen-bond donors (Lipinski definition) is 0. The van der Waals surface area contributed by atoms with E-state index in [0.717, 1.165) is 17.9 Å². The summed E-state index contributed by atoms with van der Waals surface area (Å²) in [4.78, 5) is 29.6. The van der Waals surface area contributed by atoms with Gasteiger partial charge in [0.15, 0.2) is 6.29 Å². The summed E-state index contributed by atoms with van der Waals surface area (Å²) in [7, 11) is 0. The first-order valence-corrected chi connectivity index (χ1v) is 6.47. The van der Waals surface area contributed by atoms with Crippen LogP contribution >= 0.6 is 0 Å². The van der Waals surface area contributed by atoms with E-state index in [0.29, 0.717) is 17.5 Å². The lowest BCUT2D eigenvalue weighted by molar-refractivity contribution is -0.262. The molecular formula is C14H15NO4. The lowest BCUT2D eigenvalue weighted by Crippen LogP contribution is -2.38. The number of hydrogen-bond acceptors (Lipinski definition) is 4. The van der Waals surface area contributed by atoms with Gasteiger partial charge in [-0.3, -0.25) is 9.59 Å². The zero-order chi connectivity index (χ0) is 13.4. The number of nitrogens with zero attached hydrogens (tertiary/aromatic N) is 1. The number of carbonyl (C=O) groups is 2. The number of amides is 2. The summed E-state index contributed by atoms with van der Waals surface area (Å²) in [6, 6.07) is 6.71. The molecule has 2 aliphatic rings. The number of rotatable bonds is 2. The Kier molecular flexibility index (Phi) is 3.08. The molecular weight excluding hydrogens is 246 g/mol. The van der Waals surface area contributed by atoms with Crippen LogP contribution in [-0.4, -0.2) is 29.3 Å². The van der Waals surface area contributed by atoms with Gasteiger partial charge in [-0.15, -0.1) is 5.06 Å². The second-order valence-electron chi connectivity index (χ2n) is 4.86. The molecule has 2 atom stereocenters. The SMILES string of the molecule is C[C@H]1CCC[C@H](ON2C(=O)c3ccccc3C2=O)O1. The van der Waals surface area contributed by atoms with Crippen LogP contribution in [0.4, 0.5) is 0 Å². The standard InChI is InChI=1S/C14H15NO4/c1-9-5-4-8-12(18-9)19-15-13(16)10-6-2-3-7-11(10)14(15)17/h2-3,6-7,9,12H,4-5,8H2,1H3/t9-,12-/m0/s1. The first-order valence-electron chi connectivity index (χ1n) is 6.47. The van der Waals surface area contributed by atoms with E-state index < -0.39 is 18.1 Å². The number of carbonyl (C=O) groups excluding carboxylic acids is 2. The highest BCUT2D eigenvalue weighted by molar-refractivity contribution is 6.20. The highest BCUT2D eigenvalue weighted by Gasteiger charge is 2.38. The van der Waals surface area contributed by atoms with Gasteiger partial charge in [-0.1, -0.05) is 12.1 Å². The quantitative estimate of drug-likeness (QED) is 0.765. The number of benzene rings is 1. The van der Waals surface area contributed by atoms with E-state index in [1.165, 1.54) is 0 Å². The van der Waals surface area contributed by atoms with E-state index in [-0.39, 0.29) is 6.10 Å². The summed E-state index contributed by atoms with van der Waals surface area (Å²) in [5.41, 5.74) is 0.771. The third kappa shape index (κ3) is 2.15. The summed E-state index contributed by atoms with van der Waals surface area (Å²) in [5.74, 6) is -0.829. The minimum Gasteiger partial charge on any atom is -0.347 e. The normalized spacial score (nSPS) is 26.7. The lowest BCUT2D eigenvalue weighted by atomic mass is 10.1. The number of fused-ring (bicyclic) bond motifs is 1. The van der Waals surface area contributed by atoms with Gasteiger partial charge >= 0.3 is 0 Å².